The van der Waals surface area contributed by atoms with E-state index in [9.17, 15) is 18.0 Å². The van der Waals surface area contributed by atoms with E-state index in [2.05, 4.69) is 5.32 Å². The molecule has 7 nitrogen and oxygen atoms in total. The zero-order chi connectivity index (χ0) is 33.4. The molecule has 2 amide bonds. The first-order chi connectivity index (χ1) is 22.6. The van der Waals surface area contributed by atoms with E-state index in [0.29, 0.717) is 16.3 Å². The van der Waals surface area contributed by atoms with E-state index in [0.717, 1.165) is 53.1 Å². The third kappa shape index (κ3) is 8.62. The zero-order valence-electron chi connectivity index (χ0n) is 26.9. The van der Waals surface area contributed by atoms with Crippen LogP contribution in [-0.2, 0) is 32.6 Å². The van der Waals surface area contributed by atoms with E-state index < -0.39 is 28.5 Å². The molecule has 9 heteroatoms. The summed E-state index contributed by atoms with van der Waals surface area (Å²) >= 11 is 6.49. The highest BCUT2D eigenvalue weighted by Gasteiger charge is 2.36. The topological polar surface area (TPSA) is 86.8 Å². The highest BCUT2D eigenvalue weighted by molar-refractivity contribution is 7.92. The summed E-state index contributed by atoms with van der Waals surface area (Å²) < 4.78 is 29.8. The second-order valence-electron chi connectivity index (χ2n) is 12.3. The van der Waals surface area contributed by atoms with Gasteiger partial charge in [0, 0.05) is 24.0 Å². The number of aryl methyl sites for hydroxylation is 1. The summed E-state index contributed by atoms with van der Waals surface area (Å²) in [5, 5.41) is 3.62. The third-order valence-corrected chi connectivity index (χ3v) is 11.0. The van der Waals surface area contributed by atoms with E-state index >= 15 is 0 Å². The van der Waals surface area contributed by atoms with Crippen molar-refractivity contribution in [3.8, 4) is 0 Å². The SMILES string of the molecule is Cc1ccc(S(=O)(=O)N(CC(=O)N(Cc2ccccc2)[C@H](Cc2ccccc2)C(=O)NC2CCCCC2)c2cccc(Cl)c2C)cc1. The maximum Gasteiger partial charge on any atom is 0.264 e. The van der Waals surface area contributed by atoms with Crippen molar-refractivity contribution in [3.05, 3.63) is 130 Å². The van der Waals surface area contributed by atoms with Crippen LogP contribution in [0.2, 0.25) is 5.02 Å². The lowest BCUT2D eigenvalue weighted by Gasteiger charge is -2.35. The number of carbonyl (C=O) groups excluding carboxylic acids is 2. The Bertz CT molecular complexity index is 1760. The predicted octanol–water partition coefficient (Wildman–Crippen LogP) is 7.24. The fraction of sp³-hybridized carbons (Fsp3) is 0.316. The summed E-state index contributed by atoms with van der Waals surface area (Å²) in [5.74, 6) is -0.736. The minimum absolute atomic E-state index is 0.0377. The van der Waals surface area contributed by atoms with E-state index in [1.165, 1.54) is 4.90 Å². The number of hydrogen-bond acceptors (Lipinski definition) is 4. The van der Waals surface area contributed by atoms with Crippen LogP contribution >= 0.6 is 11.6 Å². The van der Waals surface area contributed by atoms with Crippen molar-refractivity contribution in [3.63, 3.8) is 0 Å². The summed E-state index contributed by atoms with van der Waals surface area (Å²) in [4.78, 5) is 30.5. The molecule has 0 bridgehead atoms. The van der Waals surface area contributed by atoms with Crippen molar-refractivity contribution >= 4 is 39.1 Å². The summed E-state index contributed by atoms with van der Waals surface area (Å²) in [6.45, 7) is 3.22. The van der Waals surface area contributed by atoms with Gasteiger partial charge in [0.2, 0.25) is 11.8 Å². The molecule has 1 aliphatic rings. The van der Waals surface area contributed by atoms with Gasteiger partial charge in [0.1, 0.15) is 12.6 Å². The fourth-order valence-electron chi connectivity index (χ4n) is 6.10. The third-order valence-electron chi connectivity index (χ3n) is 8.81. The standard InChI is InChI=1S/C38H42ClN3O4S/c1-28-21-23-33(24-22-28)47(45,46)42(35-20-12-19-34(39)29(35)2)27-37(43)41(26-31-15-8-4-9-16-31)36(25-30-13-6-3-7-14-30)38(44)40-32-17-10-5-11-18-32/h3-4,6-9,12-16,19-24,32,36H,5,10-11,17-18,25-27H2,1-2H3,(H,40,44)/t36-/m1/s1. The number of anilines is 1. The van der Waals surface area contributed by atoms with Crippen molar-refractivity contribution in [2.45, 2.75) is 75.9 Å². The summed E-state index contributed by atoms with van der Waals surface area (Å²) in [6.07, 6.45) is 5.31. The minimum Gasteiger partial charge on any atom is -0.352 e. The van der Waals surface area contributed by atoms with Crippen molar-refractivity contribution in [1.29, 1.82) is 0 Å². The summed E-state index contributed by atoms with van der Waals surface area (Å²) in [6, 6.07) is 29.8. The first kappa shape index (κ1) is 34.2. The average molecular weight is 672 g/mol. The molecule has 4 aromatic carbocycles. The molecule has 0 aliphatic heterocycles. The number of carbonyl (C=O) groups is 2. The first-order valence-electron chi connectivity index (χ1n) is 16.2. The van der Waals surface area contributed by atoms with Gasteiger partial charge in [-0.1, -0.05) is 115 Å². The quantitative estimate of drug-likeness (QED) is 0.172. The monoisotopic (exact) mass is 671 g/mol. The highest BCUT2D eigenvalue weighted by atomic mass is 35.5. The lowest BCUT2D eigenvalue weighted by atomic mass is 9.94. The van der Waals surface area contributed by atoms with Gasteiger partial charge in [-0.05, 0) is 67.6 Å². The van der Waals surface area contributed by atoms with Gasteiger partial charge in [-0.25, -0.2) is 8.42 Å². The molecule has 1 fully saturated rings. The van der Waals surface area contributed by atoms with Crippen molar-refractivity contribution < 1.29 is 18.0 Å². The van der Waals surface area contributed by atoms with Crippen molar-refractivity contribution in [1.82, 2.24) is 10.2 Å². The lowest BCUT2D eigenvalue weighted by molar-refractivity contribution is -0.140. The molecule has 1 saturated carbocycles. The van der Waals surface area contributed by atoms with Gasteiger partial charge in [-0.15, -0.1) is 0 Å². The van der Waals surface area contributed by atoms with Gasteiger partial charge in [-0.3, -0.25) is 13.9 Å². The van der Waals surface area contributed by atoms with Crippen LogP contribution in [0.25, 0.3) is 0 Å². The number of halogens is 1. The molecule has 1 aliphatic carbocycles. The predicted molar refractivity (Wildman–Crippen MR) is 188 cm³/mol. The Morgan fingerprint density at radius 1 is 0.809 bits per heavy atom. The van der Waals surface area contributed by atoms with Crippen LogP contribution in [0, 0.1) is 13.8 Å². The molecule has 47 heavy (non-hydrogen) atoms. The number of rotatable bonds is 12. The Morgan fingerprint density at radius 2 is 1.43 bits per heavy atom. The molecule has 246 valence electrons. The van der Waals surface area contributed by atoms with Gasteiger partial charge >= 0.3 is 0 Å². The number of nitrogens with one attached hydrogen (secondary N) is 1. The fourth-order valence-corrected chi connectivity index (χ4v) is 7.74. The summed E-state index contributed by atoms with van der Waals surface area (Å²) in [7, 11) is -4.21. The van der Waals surface area contributed by atoms with Gasteiger partial charge in [-0.2, -0.15) is 0 Å². The van der Waals surface area contributed by atoms with Gasteiger partial charge < -0.3 is 10.2 Å². The Kier molecular flexibility index (Phi) is 11.4. The maximum atomic E-state index is 14.7. The second-order valence-corrected chi connectivity index (χ2v) is 14.5. The van der Waals surface area contributed by atoms with E-state index in [-0.39, 0.29) is 29.8 Å². The Morgan fingerprint density at radius 3 is 2.06 bits per heavy atom. The Balaban J connectivity index is 1.57. The normalized spacial score (nSPS) is 14.3. The number of benzene rings is 4. The Hall–Kier alpha value is -4.14. The number of nitrogens with zero attached hydrogens (tertiary/aromatic N) is 2. The molecule has 0 unspecified atom stereocenters. The van der Waals surface area contributed by atoms with E-state index in [1.807, 2.05) is 67.6 Å². The number of hydrogen-bond donors (Lipinski definition) is 1. The van der Waals surface area contributed by atoms with Crippen molar-refractivity contribution in [2.24, 2.45) is 0 Å². The molecule has 5 rings (SSSR count). The zero-order valence-corrected chi connectivity index (χ0v) is 28.5. The number of amides is 2. The molecule has 0 saturated heterocycles. The molecule has 1 atom stereocenters. The van der Waals surface area contributed by atoms with Crippen LogP contribution in [0.15, 0.2) is 108 Å². The van der Waals surface area contributed by atoms with E-state index in [4.69, 9.17) is 11.6 Å². The molecular weight excluding hydrogens is 630 g/mol. The van der Waals surface area contributed by atoms with Crippen LogP contribution in [0.4, 0.5) is 5.69 Å². The van der Waals surface area contributed by atoms with Gasteiger partial charge in [0.05, 0.1) is 10.6 Å². The minimum atomic E-state index is -4.21. The Labute approximate surface area is 283 Å². The van der Waals surface area contributed by atoms with E-state index in [1.54, 1.807) is 49.4 Å². The second kappa shape index (κ2) is 15.6. The number of sulfonamides is 1. The first-order valence-corrected chi connectivity index (χ1v) is 18.0. The molecule has 0 spiro atoms. The highest BCUT2D eigenvalue weighted by Crippen LogP contribution is 2.31. The van der Waals surface area contributed by atoms with Gasteiger partial charge in [0.25, 0.3) is 10.0 Å². The van der Waals surface area contributed by atoms with Crippen molar-refractivity contribution in [2.75, 3.05) is 10.8 Å². The largest absolute Gasteiger partial charge is 0.352 e. The van der Waals surface area contributed by atoms with Crippen LogP contribution in [0.1, 0.15) is 54.4 Å². The summed E-state index contributed by atoms with van der Waals surface area (Å²) in [5.41, 5.74) is 3.47. The van der Waals surface area contributed by atoms with Gasteiger partial charge in [0.15, 0.2) is 0 Å². The molecule has 1 N–H and O–H groups in total. The van der Waals surface area contributed by atoms with Crippen LogP contribution in [0.3, 0.4) is 0 Å². The average Bonchev–Trinajstić information content (AvgIpc) is 3.08. The molecule has 0 radical (unpaired) electrons. The molecule has 0 aromatic heterocycles. The maximum absolute atomic E-state index is 14.7. The van der Waals surface area contributed by atoms with Crippen LogP contribution in [-0.4, -0.2) is 43.8 Å². The molecular formula is C38H42ClN3O4S. The smallest absolute Gasteiger partial charge is 0.264 e. The molecule has 4 aromatic rings. The van der Waals surface area contributed by atoms with Crippen LogP contribution < -0.4 is 9.62 Å². The molecule has 0 heterocycles. The van der Waals surface area contributed by atoms with Crippen LogP contribution in [0.5, 0.6) is 0 Å². The lowest BCUT2D eigenvalue weighted by Crippen LogP contribution is -2.55.